The fourth-order valence-electron chi connectivity index (χ4n) is 4.14. The van der Waals surface area contributed by atoms with Crippen LogP contribution < -0.4 is 15.5 Å². The van der Waals surface area contributed by atoms with Gasteiger partial charge in [-0.25, -0.2) is 9.97 Å². The van der Waals surface area contributed by atoms with Gasteiger partial charge in [-0.05, 0) is 54.4 Å². The summed E-state index contributed by atoms with van der Waals surface area (Å²) < 4.78 is 5.43. The highest BCUT2D eigenvalue weighted by molar-refractivity contribution is 5.91. The zero-order chi connectivity index (χ0) is 24.6. The maximum atomic E-state index is 12.3. The Morgan fingerprint density at radius 3 is 2.33 bits per heavy atom. The van der Waals surface area contributed by atoms with Crippen molar-refractivity contribution in [2.75, 3.05) is 41.8 Å². The Labute approximate surface area is 211 Å². The molecule has 182 valence electrons. The van der Waals surface area contributed by atoms with Gasteiger partial charge in [0.15, 0.2) is 0 Å². The lowest BCUT2D eigenvalue weighted by molar-refractivity contribution is -0.116. The third-order valence-corrected chi connectivity index (χ3v) is 6.10. The summed E-state index contributed by atoms with van der Waals surface area (Å²) in [6.45, 7) is 3.35. The third kappa shape index (κ3) is 6.25. The van der Waals surface area contributed by atoms with Crippen LogP contribution in [0.15, 0.2) is 91.1 Å². The summed E-state index contributed by atoms with van der Waals surface area (Å²) in [5.41, 5.74) is 5.79. The van der Waals surface area contributed by atoms with Crippen molar-refractivity contribution in [3.63, 3.8) is 0 Å². The molecular formula is C29H29N5O2. The van der Waals surface area contributed by atoms with Crippen molar-refractivity contribution in [2.45, 2.75) is 12.8 Å². The molecule has 5 rings (SSSR count). The topological polar surface area (TPSA) is 79.4 Å². The lowest BCUT2D eigenvalue weighted by atomic mass is 10.1. The number of hydrogen-bond acceptors (Lipinski definition) is 6. The van der Waals surface area contributed by atoms with Crippen LogP contribution in [0.5, 0.6) is 0 Å². The second-order valence-electron chi connectivity index (χ2n) is 8.65. The van der Waals surface area contributed by atoms with E-state index in [0.717, 1.165) is 60.9 Å². The van der Waals surface area contributed by atoms with Crippen molar-refractivity contribution >= 4 is 28.9 Å². The number of amides is 1. The molecule has 0 unspecified atom stereocenters. The summed E-state index contributed by atoms with van der Waals surface area (Å²) in [7, 11) is 0. The van der Waals surface area contributed by atoms with E-state index in [9.17, 15) is 4.79 Å². The van der Waals surface area contributed by atoms with Crippen LogP contribution in [0.4, 0.5) is 23.0 Å². The average Bonchev–Trinajstić information content (AvgIpc) is 2.94. The van der Waals surface area contributed by atoms with Crippen LogP contribution in [0, 0.1) is 0 Å². The molecule has 2 heterocycles. The number of carbonyl (C=O) groups is 1. The maximum Gasteiger partial charge on any atom is 0.227 e. The first-order chi connectivity index (χ1) is 17.7. The summed E-state index contributed by atoms with van der Waals surface area (Å²) in [6.07, 6.45) is 2.91. The van der Waals surface area contributed by atoms with Gasteiger partial charge in [-0.2, -0.15) is 0 Å². The second kappa shape index (κ2) is 11.5. The van der Waals surface area contributed by atoms with Crippen LogP contribution in [0.25, 0.3) is 11.3 Å². The Hall–Kier alpha value is -4.23. The standard InChI is InChI=1S/C29H29N5O2/c35-28(15-6-22-4-2-1-3-5-22)31-24-9-7-23(8-10-24)27-16-17-30-29(33-27)32-25-11-13-26(14-12-25)34-18-20-36-21-19-34/h1-5,7-14,16-17H,6,15,18-21H2,(H,31,35)(H,30,32,33). The lowest BCUT2D eigenvalue weighted by Crippen LogP contribution is -2.36. The molecule has 1 aliphatic heterocycles. The number of anilines is 4. The highest BCUT2D eigenvalue weighted by Gasteiger charge is 2.11. The molecule has 1 fully saturated rings. The molecule has 7 heteroatoms. The summed E-state index contributed by atoms with van der Waals surface area (Å²) in [4.78, 5) is 23.7. The number of nitrogens with zero attached hydrogens (tertiary/aromatic N) is 3. The Balaban J connectivity index is 1.18. The number of ether oxygens (including phenoxy) is 1. The third-order valence-electron chi connectivity index (χ3n) is 6.10. The van der Waals surface area contributed by atoms with Gasteiger partial charge in [-0.1, -0.05) is 42.5 Å². The average molecular weight is 480 g/mol. The normalized spacial score (nSPS) is 13.3. The van der Waals surface area contributed by atoms with E-state index < -0.39 is 0 Å². The van der Waals surface area contributed by atoms with Gasteiger partial charge in [0.25, 0.3) is 0 Å². The van der Waals surface area contributed by atoms with Gasteiger partial charge in [0.2, 0.25) is 11.9 Å². The molecule has 36 heavy (non-hydrogen) atoms. The molecular weight excluding hydrogens is 450 g/mol. The monoisotopic (exact) mass is 479 g/mol. The van der Waals surface area contributed by atoms with E-state index in [2.05, 4.69) is 37.6 Å². The van der Waals surface area contributed by atoms with Crippen molar-refractivity contribution < 1.29 is 9.53 Å². The number of rotatable bonds is 8. The van der Waals surface area contributed by atoms with Crippen LogP contribution in [0.2, 0.25) is 0 Å². The molecule has 7 nitrogen and oxygen atoms in total. The highest BCUT2D eigenvalue weighted by Crippen LogP contribution is 2.23. The molecule has 1 amide bonds. The molecule has 4 aromatic rings. The molecule has 0 atom stereocenters. The smallest absolute Gasteiger partial charge is 0.227 e. The fourth-order valence-corrected chi connectivity index (χ4v) is 4.14. The highest BCUT2D eigenvalue weighted by atomic mass is 16.5. The molecule has 1 aliphatic rings. The summed E-state index contributed by atoms with van der Waals surface area (Å²) in [5, 5.41) is 6.26. The second-order valence-corrected chi connectivity index (χ2v) is 8.65. The fraction of sp³-hybridized carbons (Fsp3) is 0.207. The molecule has 0 bridgehead atoms. The molecule has 1 saturated heterocycles. The Morgan fingerprint density at radius 2 is 1.58 bits per heavy atom. The van der Waals surface area contributed by atoms with Gasteiger partial charge < -0.3 is 20.3 Å². The van der Waals surface area contributed by atoms with Gasteiger partial charge >= 0.3 is 0 Å². The predicted molar refractivity (Wildman–Crippen MR) is 144 cm³/mol. The van der Waals surface area contributed by atoms with E-state index in [4.69, 9.17) is 4.74 Å². The van der Waals surface area contributed by atoms with E-state index >= 15 is 0 Å². The van der Waals surface area contributed by atoms with Crippen molar-refractivity contribution in [1.29, 1.82) is 0 Å². The van der Waals surface area contributed by atoms with Gasteiger partial charge in [-0.15, -0.1) is 0 Å². The number of morpholine rings is 1. The van der Waals surface area contributed by atoms with Crippen molar-refractivity contribution in [3.05, 3.63) is 96.7 Å². The largest absolute Gasteiger partial charge is 0.378 e. The molecule has 0 aliphatic carbocycles. The molecule has 0 saturated carbocycles. The number of nitrogens with one attached hydrogen (secondary N) is 2. The lowest BCUT2D eigenvalue weighted by Gasteiger charge is -2.28. The molecule has 0 spiro atoms. The summed E-state index contributed by atoms with van der Waals surface area (Å²) in [5.74, 6) is 0.532. The van der Waals surface area contributed by atoms with Crippen LogP contribution in [-0.4, -0.2) is 42.2 Å². The first-order valence-corrected chi connectivity index (χ1v) is 12.2. The van der Waals surface area contributed by atoms with Gasteiger partial charge in [0.1, 0.15) is 0 Å². The van der Waals surface area contributed by atoms with Crippen molar-refractivity contribution in [1.82, 2.24) is 9.97 Å². The van der Waals surface area contributed by atoms with E-state index in [0.29, 0.717) is 12.4 Å². The molecule has 3 aromatic carbocycles. The van der Waals surface area contributed by atoms with Crippen LogP contribution in [0.3, 0.4) is 0 Å². The number of aromatic nitrogens is 2. The zero-order valence-corrected chi connectivity index (χ0v) is 20.1. The number of benzene rings is 3. The van der Waals surface area contributed by atoms with E-state index in [1.165, 1.54) is 5.69 Å². The van der Waals surface area contributed by atoms with Gasteiger partial charge in [-0.3, -0.25) is 4.79 Å². The summed E-state index contributed by atoms with van der Waals surface area (Å²) in [6, 6.07) is 27.9. The van der Waals surface area contributed by atoms with E-state index in [-0.39, 0.29) is 5.91 Å². The van der Waals surface area contributed by atoms with Crippen molar-refractivity contribution in [2.24, 2.45) is 0 Å². The Kier molecular flexibility index (Phi) is 7.49. The number of aryl methyl sites for hydroxylation is 1. The summed E-state index contributed by atoms with van der Waals surface area (Å²) >= 11 is 0. The predicted octanol–water partition coefficient (Wildman–Crippen LogP) is 5.30. The van der Waals surface area contributed by atoms with E-state index in [1.807, 2.05) is 72.8 Å². The van der Waals surface area contributed by atoms with Crippen LogP contribution >= 0.6 is 0 Å². The minimum atomic E-state index is -0.000218. The van der Waals surface area contributed by atoms with Crippen LogP contribution in [-0.2, 0) is 16.0 Å². The van der Waals surface area contributed by atoms with Crippen molar-refractivity contribution in [3.8, 4) is 11.3 Å². The first-order valence-electron chi connectivity index (χ1n) is 12.2. The Morgan fingerprint density at radius 1 is 0.861 bits per heavy atom. The molecule has 0 radical (unpaired) electrons. The number of carbonyl (C=O) groups excluding carboxylic acids is 1. The molecule has 1 aromatic heterocycles. The van der Waals surface area contributed by atoms with Gasteiger partial charge in [0, 0.05) is 48.3 Å². The first kappa shape index (κ1) is 23.5. The minimum Gasteiger partial charge on any atom is -0.378 e. The van der Waals surface area contributed by atoms with E-state index in [1.54, 1.807) is 6.20 Å². The number of hydrogen-bond donors (Lipinski definition) is 2. The maximum absolute atomic E-state index is 12.3. The van der Waals surface area contributed by atoms with Gasteiger partial charge in [0.05, 0.1) is 18.9 Å². The Bertz CT molecular complexity index is 1270. The quantitative estimate of drug-likeness (QED) is 0.357. The molecule has 2 N–H and O–H groups in total. The van der Waals surface area contributed by atoms with Crippen LogP contribution in [0.1, 0.15) is 12.0 Å². The minimum absolute atomic E-state index is 0.000218. The zero-order valence-electron chi connectivity index (χ0n) is 20.1. The SMILES string of the molecule is O=C(CCc1ccccc1)Nc1ccc(-c2ccnc(Nc3ccc(N4CCOCC4)cc3)n2)cc1.